The van der Waals surface area contributed by atoms with Gasteiger partial charge in [0.15, 0.2) is 0 Å². The van der Waals surface area contributed by atoms with Gasteiger partial charge in [0.05, 0.1) is 6.42 Å². The summed E-state index contributed by atoms with van der Waals surface area (Å²) in [7, 11) is 0. The predicted molar refractivity (Wildman–Crippen MR) is 79.1 cm³/mol. The number of halogens is 2. The van der Waals surface area contributed by atoms with Crippen molar-refractivity contribution in [2.45, 2.75) is 25.3 Å². The van der Waals surface area contributed by atoms with Crippen molar-refractivity contribution in [1.29, 1.82) is 0 Å². The number of benzene rings is 1. The largest absolute Gasteiger partial charge is 0.354 e. The second-order valence-corrected chi connectivity index (χ2v) is 5.22. The third kappa shape index (κ3) is 4.59. The Morgan fingerprint density at radius 1 is 1.44 bits per heavy atom. The lowest BCUT2D eigenvalue weighted by atomic mass is 10.1. The number of rotatable bonds is 4. The predicted octanol–water partition coefficient (Wildman–Crippen LogP) is 2.28. The molecule has 100 valence electrons. The molecule has 0 aliphatic carbocycles. The van der Waals surface area contributed by atoms with Gasteiger partial charge in [0.1, 0.15) is 0 Å². The first-order valence-corrected chi connectivity index (χ1v) is 6.78. The van der Waals surface area contributed by atoms with Gasteiger partial charge in [0.25, 0.3) is 0 Å². The Labute approximate surface area is 122 Å². The lowest BCUT2D eigenvalue weighted by Gasteiger charge is -2.11. The summed E-state index contributed by atoms with van der Waals surface area (Å²) in [6, 6.07) is 8.29. The number of carbonyl (C=O) groups is 1. The van der Waals surface area contributed by atoms with E-state index < -0.39 is 0 Å². The molecule has 1 atom stereocenters. The van der Waals surface area contributed by atoms with Crippen LogP contribution in [-0.4, -0.2) is 25.0 Å². The van der Waals surface area contributed by atoms with Crippen LogP contribution in [0.5, 0.6) is 0 Å². The van der Waals surface area contributed by atoms with Crippen LogP contribution in [-0.2, 0) is 11.2 Å². The molecule has 18 heavy (non-hydrogen) atoms. The zero-order chi connectivity index (χ0) is 12.1. The van der Waals surface area contributed by atoms with Crippen LogP contribution in [0.4, 0.5) is 0 Å². The molecule has 0 radical (unpaired) electrons. The van der Waals surface area contributed by atoms with Crippen LogP contribution in [0, 0.1) is 0 Å². The van der Waals surface area contributed by atoms with E-state index in [4.69, 9.17) is 0 Å². The summed E-state index contributed by atoms with van der Waals surface area (Å²) in [5.74, 6) is 0.0885. The van der Waals surface area contributed by atoms with Crippen molar-refractivity contribution < 1.29 is 4.79 Å². The summed E-state index contributed by atoms with van der Waals surface area (Å²) < 4.78 is 0.995. The molecule has 1 aromatic rings. The third-order valence-electron chi connectivity index (χ3n) is 3.02. The van der Waals surface area contributed by atoms with E-state index in [1.165, 1.54) is 6.42 Å². The van der Waals surface area contributed by atoms with Gasteiger partial charge < -0.3 is 10.6 Å². The topological polar surface area (TPSA) is 41.1 Å². The Balaban J connectivity index is 0.00000162. The quantitative estimate of drug-likeness (QED) is 0.887. The molecule has 0 bridgehead atoms. The van der Waals surface area contributed by atoms with Crippen molar-refractivity contribution in [3.8, 4) is 0 Å². The molecule has 5 heteroatoms. The van der Waals surface area contributed by atoms with Crippen LogP contribution in [0.3, 0.4) is 0 Å². The molecule has 2 rings (SSSR count). The van der Waals surface area contributed by atoms with Crippen molar-refractivity contribution >= 4 is 34.2 Å². The van der Waals surface area contributed by atoms with E-state index in [9.17, 15) is 4.79 Å². The minimum absolute atomic E-state index is 0. The van der Waals surface area contributed by atoms with Crippen LogP contribution >= 0.6 is 28.3 Å². The Hall–Kier alpha value is -0.580. The Morgan fingerprint density at radius 2 is 2.22 bits per heavy atom. The van der Waals surface area contributed by atoms with Gasteiger partial charge in [-0.2, -0.15) is 0 Å². The molecule has 3 nitrogen and oxygen atoms in total. The molecule has 1 unspecified atom stereocenters. The highest BCUT2D eigenvalue weighted by atomic mass is 79.9. The molecular weight excluding hydrogens is 316 g/mol. The molecule has 1 heterocycles. The van der Waals surface area contributed by atoms with Gasteiger partial charge >= 0.3 is 0 Å². The molecule has 0 saturated carbocycles. The number of hydrogen-bond acceptors (Lipinski definition) is 2. The van der Waals surface area contributed by atoms with Crippen molar-refractivity contribution in [1.82, 2.24) is 10.6 Å². The maximum Gasteiger partial charge on any atom is 0.224 e. The summed E-state index contributed by atoms with van der Waals surface area (Å²) in [6.45, 7) is 1.81. The fourth-order valence-electron chi connectivity index (χ4n) is 2.05. The summed E-state index contributed by atoms with van der Waals surface area (Å²) in [4.78, 5) is 11.8. The lowest BCUT2D eigenvalue weighted by Crippen LogP contribution is -2.37. The van der Waals surface area contributed by atoms with Gasteiger partial charge in [-0.15, -0.1) is 12.4 Å². The molecule has 0 aromatic heterocycles. The van der Waals surface area contributed by atoms with E-state index in [-0.39, 0.29) is 18.3 Å². The van der Waals surface area contributed by atoms with Crippen molar-refractivity contribution in [2.75, 3.05) is 13.1 Å². The van der Waals surface area contributed by atoms with Crippen LogP contribution < -0.4 is 10.6 Å². The number of amides is 1. The highest BCUT2D eigenvalue weighted by molar-refractivity contribution is 9.10. The maximum absolute atomic E-state index is 11.8. The smallest absolute Gasteiger partial charge is 0.224 e. The minimum Gasteiger partial charge on any atom is -0.354 e. The first kappa shape index (κ1) is 15.5. The first-order valence-electron chi connectivity index (χ1n) is 5.99. The minimum atomic E-state index is 0. The van der Waals surface area contributed by atoms with Crippen molar-refractivity contribution in [3.63, 3.8) is 0 Å². The summed E-state index contributed by atoms with van der Waals surface area (Å²) in [5.41, 5.74) is 1.03. The van der Waals surface area contributed by atoms with Crippen LogP contribution in [0.25, 0.3) is 0 Å². The molecule has 1 saturated heterocycles. The highest BCUT2D eigenvalue weighted by Gasteiger charge is 2.14. The summed E-state index contributed by atoms with van der Waals surface area (Å²) >= 11 is 3.45. The van der Waals surface area contributed by atoms with Crippen molar-refractivity contribution in [3.05, 3.63) is 34.3 Å². The monoisotopic (exact) mass is 332 g/mol. The van der Waals surface area contributed by atoms with Gasteiger partial charge in [-0.3, -0.25) is 4.79 Å². The van der Waals surface area contributed by atoms with Crippen LogP contribution in [0.15, 0.2) is 28.7 Å². The van der Waals surface area contributed by atoms with Crippen molar-refractivity contribution in [2.24, 2.45) is 0 Å². The van der Waals surface area contributed by atoms with Crippen LogP contribution in [0.1, 0.15) is 18.4 Å². The number of carbonyl (C=O) groups excluding carboxylic acids is 1. The highest BCUT2D eigenvalue weighted by Crippen LogP contribution is 2.16. The van der Waals surface area contributed by atoms with Gasteiger partial charge in [-0.25, -0.2) is 0 Å². The average molecular weight is 334 g/mol. The average Bonchev–Trinajstić information content (AvgIpc) is 2.82. The second-order valence-electron chi connectivity index (χ2n) is 4.37. The number of nitrogens with one attached hydrogen (secondary N) is 2. The van der Waals surface area contributed by atoms with Gasteiger partial charge in [0, 0.05) is 17.1 Å². The van der Waals surface area contributed by atoms with E-state index >= 15 is 0 Å². The molecular formula is C13H18BrClN2O. The Bertz CT molecular complexity index is 394. The van der Waals surface area contributed by atoms with E-state index in [1.54, 1.807) is 0 Å². The normalized spacial score (nSPS) is 18.2. The summed E-state index contributed by atoms with van der Waals surface area (Å²) in [5, 5.41) is 6.34. The Kier molecular flexibility index (Phi) is 6.68. The van der Waals surface area contributed by atoms with E-state index in [0.717, 1.165) is 29.5 Å². The number of hydrogen-bond donors (Lipinski definition) is 2. The third-order valence-corrected chi connectivity index (χ3v) is 3.79. The van der Waals surface area contributed by atoms with E-state index in [2.05, 4.69) is 26.6 Å². The molecule has 1 amide bonds. The van der Waals surface area contributed by atoms with Gasteiger partial charge in [-0.1, -0.05) is 34.1 Å². The maximum atomic E-state index is 11.8. The Morgan fingerprint density at radius 3 is 2.89 bits per heavy atom. The molecule has 0 spiro atoms. The first-order chi connectivity index (χ1) is 8.25. The SMILES string of the molecule is Cl.O=C(Cc1ccccc1Br)NCC1CCCN1. The van der Waals surface area contributed by atoms with E-state index in [1.807, 2.05) is 24.3 Å². The van der Waals surface area contributed by atoms with E-state index in [0.29, 0.717) is 12.5 Å². The fourth-order valence-corrected chi connectivity index (χ4v) is 2.47. The zero-order valence-electron chi connectivity index (χ0n) is 10.1. The lowest BCUT2D eigenvalue weighted by molar-refractivity contribution is -0.120. The van der Waals surface area contributed by atoms with Gasteiger partial charge in [0.2, 0.25) is 5.91 Å². The zero-order valence-corrected chi connectivity index (χ0v) is 12.5. The molecule has 1 aliphatic heterocycles. The molecule has 1 fully saturated rings. The molecule has 1 aliphatic rings. The van der Waals surface area contributed by atoms with Gasteiger partial charge in [-0.05, 0) is 31.0 Å². The van der Waals surface area contributed by atoms with Crippen LogP contribution in [0.2, 0.25) is 0 Å². The molecule has 1 aromatic carbocycles. The summed E-state index contributed by atoms with van der Waals surface area (Å²) in [6.07, 6.45) is 2.81. The molecule has 2 N–H and O–H groups in total. The second kappa shape index (κ2) is 7.77. The fraction of sp³-hybridized carbons (Fsp3) is 0.462. The standard InChI is InChI=1S/C13H17BrN2O.ClH/c14-12-6-2-1-4-10(12)8-13(17)16-9-11-5-3-7-15-11;/h1-2,4,6,11,15H,3,5,7-9H2,(H,16,17);1H.